The number of thiocarbonyl (C=S) groups is 1. The van der Waals surface area contributed by atoms with Crippen molar-refractivity contribution in [3.8, 4) is 11.5 Å². The van der Waals surface area contributed by atoms with Gasteiger partial charge < -0.3 is 15.2 Å². The Hall–Kier alpha value is -3.20. The number of aromatic hydroxyl groups is 1. The highest BCUT2D eigenvalue weighted by Gasteiger charge is 2.13. The SMILES string of the molecule is CCCCCCCOc1ccc(C(=O)NC(=S)Nc2ccc([N+](=O)[O-])cc2O)cc1. The highest BCUT2D eigenvalue weighted by molar-refractivity contribution is 7.80. The summed E-state index contributed by atoms with van der Waals surface area (Å²) >= 11 is 5.07. The number of nitro benzene ring substituents is 1. The summed E-state index contributed by atoms with van der Waals surface area (Å²) in [6.07, 6.45) is 5.80. The Bertz CT molecular complexity index is 887. The van der Waals surface area contributed by atoms with Crippen LogP contribution in [0.2, 0.25) is 0 Å². The topological polar surface area (TPSA) is 114 Å². The van der Waals surface area contributed by atoms with Crippen LogP contribution in [0.1, 0.15) is 49.4 Å². The van der Waals surface area contributed by atoms with Crippen molar-refractivity contribution >= 4 is 34.6 Å². The molecule has 2 aromatic rings. The predicted octanol–water partition coefficient (Wildman–Crippen LogP) is 4.78. The van der Waals surface area contributed by atoms with Crippen LogP contribution < -0.4 is 15.4 Å². The number of non-ortho nitro benzene ring substituents is 1. The predicted molar refractivity (Wildman–Crippen MR) is 119 cm³/mol. The summed E-state index contributed by atoms with van der Waals surface area (Å²) < 4.78 is 5.68. The van der Waals surface area contributed by atoms with Crippen molar-refractivity contribution in [2.75, 3.05) is 11.9 Å². The second-order valence-corrected chi connectivity index (χ2v) is 7.06. The third-order valence-corrected chi connectivity index (χ3v) is 4.50. The van der Waals surface area contributed by atoms with Gasteiger partial charge in [0, 0.05) is 11.6 Å². The molecule has 0 aliphatic heterocycles. The van der Waals surface area contributed by atoms with E-state index in [9.17, 15) is 20.0 Å². The molecule has 0 aliphatic rings. The summed E-state index contributed by atoms with van der Waals surface area (Å²) in [6.45, 7) is 2.82. The number of ether oxygens (including phenoxy) is 1. The molecule has 0 heterocycles. The van der Waals surface area contributed by atoms with Gasteiger partial charge in [-0.25, -0.2) is 0 Å². The number of phenolic OH excluding ortho intramolecular Hbond substituents is 1. The van der Waals surface area contributed by atoms with Gasteiger partial charge in [-0.3, -0.25) is 20.2 Å². The Balaban J connectivity index is 1.82. The van der Waals surface area contributed by atoms with E-state index in [0.29, 0.717) is 17.9 Å². The first-order chi connectivity index (χ1) is 14.4. The molecule has 0 spiro atoms. The molecule has 2 rings (SSSR count). The Morgan fingerprint density at radius 3 is 2.47 bits per heavy atom. The van der Waals surface area contributed by atoms with Crippen molar-refractivity contribution in [1.29, 1.82) is 0 Å². The first-order valence-electron chi connectivity index (χ1n) is 9.73. The van der Waals surface area contributed by atoms with Crippen LogP contribution in [0.3, 0.4) is 0 Å². The Kier molecular flexibility index (Phi) is 9.02. The number of phenols is 1. The molecule has 0 unspecified atom stereocenters. The van der Waals surface area contributed by atoms with Crippen LogP contribution in [-0.4, -0.2) is 27.7 Å². The highest BCUT2D eigenvalue weighted by atomic mass is 32.1. The molecule has 0 radical (unpaired) electrons. The summed E-state index contributed by atoms with van der Waals surface area (Å²) in [5.74, 6) is -0.0874. The summed E-state index contributed by atoms with van der Waals surface area (Å²) in [4.78, 5) is 22.4. The average Bonchev–Trinajstić information content (AvgIpc) is 2.72. The van der Waals surface area contributed by atoms with Crippen LogP contribution in [0.5, 0.6) is 11.5 Å². The zero-order chi connectivity index (χ0) is 21.9. The number of rotatable bonds is 10. The van der Waals surface area contributed by atoms with E-state index in [2.05, 4.69) is 17.6 Å². The van der Waals surface area contributed by atoms with E-state index in [4.69, 9.17) is 17.0 Å². The fourth-order valence-electron chi connectivity index (χ4n) is 2.67. The zero-order valence-electron chi connectivity index (χ0n) is 16.7. The second-order valence-electron chi connectivity index (χ2n) is 6.65. The third-order valence-electron chi connectivity index (χ3n) is 4.30. The number of nitrogens with zero attached hydrogens (tertiary/aromatic N) is 1. The number of nitrogens with one attached hydrogen (secondary N) is 2. The van der Waals surface area contributed by atoms with E-state index in [-0.39, 0.29) is 22.2 Å². The van der Waals surface area contributed by atoms with Gasteiger partial charge in [0.2, 0.25) is 0 Å². The van der Waals surface area contributed by atoms with Gasteiger partial charge in [0.25, 0.3) is 11.6 Å². The maximum atomic E-state index is 12.3. The quantitative estimate of drug-likeness (QED) is 0.163. The van der Waals surface area contributed by atoms with Gasteiger partial charge in [-0.05, 0) is 49.0 Å². The monoisotopic (exact) mass is 431 g/mol. The molecule has 160 valence electrons. The fourth-order valence-corrected chi connectivity index (χ4v) is 2.87. The molecule has 0 saturated carbocycles. The van der Waals surface area contributed by atoms with Crippen LogP contribution in [0.15, 0.2) is 42.5 Å². The maximum absolute atomic E-state index is 12.3. The number of carbonyl (C=O) groups excluding carboxylic acids is 1. The molecule has 2 aromatic carbocycles. The van der Waals surface area contributed by atoms with Crippen LogP contribution >= 0.6 is 12.2 Å². The number of benzene rings is 2. The van der Waals surface area contributed by atoms with Crippen molar-refractivity contribution in [3.05, 3.63) is 58.1 Å². The molecule has 0 fully saturated rings. The molecule has 0 saturated heterocycles. The molecule has 8 nitrogen and oxygen atoms in total. The number of amides is 1. The minimum atomic E-state index is -0.622. The van der Waals surface area contributed by atoms with E-state index in [0.717, 1.165) is 18.9 Å². The summed E-state index contributed by atoms with van der Waals surface area (Å²) in [6, 6.07) is 10.2. The van der Waals surface area contributed by atoms with Gasteiger partial charge in [-0.15, -0.1) is 0 Å². The number of nitro groups is 1. The van der Waals surface area contributed by atoms with Gasteiger partial charge in [0.15, 0.2) is 5.11 Å². The van der Waals surface area contributed by atoms with Crippen molar-refractivity contribution in [2.24, 2.45) is 0 Å². The van der Waals surface area contributed by atoms with E-state index in [1.54, 1.807) is 24.3 Å². The molecule has 9 heteroatoms. The molecular weight excluding hydrogens is 406 g/mol. The lowest BCUT2D eigenvalue weighted by Gasteiger charge is -2.11. The highest BCUT2D eigenvalue weighted by Crippen LogP contribution is 2.27. The largest absolute Gasteiger partial charge is 0.506 e. The molecular formula is C21H25N3O5S. The first kappa shape index (κ1) is 23.1. The van der Waals surface area contributed by atoms with E-state index in [1.807, 2.05) is 0 Å². The first-order valence-corrected chi connectivity index (χ1v) is 10.1. The number of hydrogen-bond acceptors (Lipinski definition) is 6. The van der Waals surface area contributed by atoms with Crippen molar-refractivity contribution in [1.82, 2.24) is 5.32 Å². The van der Waals surface area contributed by atoms with Crippen LogP contribution in [0.25, 0.3) is 0 Å². The minimum Gasteiger partial charge on any atom is -0.506 e. The normalized spacial score (nSPS) is 10.3. The molecule has 0 aromatic heterocycles. The summed E-state index contributed by atoms with van der Waals surface area (Å²) in [5.41, 5.74) is 0.284. The maximum Gasteiger partial charge on any atom is 0.273 e. The Labute approximate surface area is 180 Å². The average molecular weight is 432 g/mol. The fraction of sp³-hybridized carbons (Fsp3) is 0.333. The number of hydrogen-bond donors (Lipinski definition) is 3. The Morgan fingerprint density at radius 2 is 1.83 bits per heavy atom. The van der Waals surface area contributed by atoms with Gasteiger partial charge >= 0.3 is 0 Å². The lowest BCUT2D eigenvalue weighted by molar-refractivity contribution is -0.384. The molecule has 0 aliphatic carbocycles. The number of anilines is 1. The molecule has 0 atom stereocenters. The minimum absolute atomic E-state index is 0.0449. The van der Waals surface area contributed by atoms with E-state index < -0.39 is 10.8 Å². The third kappa shape index (κ3) is 7.32. The van der Waals surface area contributed by atoms with Crippen molar-refractivity contribution in [3.63, 3.8) is 0 Å². The van der Waals surface area contributed by atoms with Gasteiger partial charge in [0.05, 0.1) is 23.3 Å². The summed E-state index contributed by atoms with van der Waals surface area (Å²) in [7, 11) is 0. The standard InChI is InChI=1S/C21H25N3O5S/c1-2-3-4-5-6-13-29-17-10-7-15(8-11-17)20(26)23-21(30)22-18-12-9-16(24(27)28)14-19(18)25/h7-12,14,25H,2-6,13H2,1H3,(H2,22,23,26,30). The summed E-state index contributed by atoms with van der Waals surface area (Å²) in [5, 5.41) is 25.6. The van der Waals surface area contributed by atoms with Crippen LogP contribution in [-0.2, 0) is 0 Å². The van der Waals surface area contributed by atoms with Crippen LogP contribution in [0, 0.1) is 10.1 Å². The molecule has 0 bridgehead atoms. The zero-order valence-corrected chi connectivity index (χ0v) is 17.5. The van der Waals surface area contributed by atoms with Gasteiger partial charge in [-0.2, -0.15) is 0 Å². The lowest BCUT2D eigenvalue weighted by atomic mass is 10.2. The van der Waals surface area contributed by atoms with E-state index in [1.165, 1.54) is 31.4 Å². The molecule has 3 N–H and O–H groups in total. The Morgan fingerprint density at radius 1 is 1.13 bits per heavy atom. The number of unbranched alkanes of at least 4 members (excludes halogenated alkanes) is 4. The van der Waals surface area contributed by atoms with Gasteiger partial charge in [0.1, 0.15) is 11.5 Å². The van der Waals surface area contributed by atoms with E-state index >= 15 is 0 Å². The molecule has 30 heavy (non-hydrogen) atoms. The van der Waals surface area contributed by atoms with Crippen molar-refractivity contribution in [2.45, 2.75) is 39.0 Å². The van der Waals surface area contributed by atoms with Crippen molar-refractivity contribution < 1.29 is 19.6 Å². The number of carbonyl (C=O) groups is 1. The molecule has 1 amide bonds. The lowest BCUT2D eigenvalue weighted by Crippen LogP contribution is -2.34. The van der Waals surface area contributed by atoms with Crippen LogP contribution in [0.4, 0.5) is 11.4 Å². The smallest absolute Gasteiger partial charge is 0.273 e. The second kappa shape index (κ2) is 11.7. The van der Waals surface area contributed by atoms with Gasteiger partial charge in [-0.1, -0.05) is 32.6 Å².